The SMILES string of the molecule is CC1CC(C)C(CN)C1I. The second-order valence-corrected chi connectivity index (χ2v) is 4.97. The maximum absolute atomic E-state index is 5.67. The summed E-state index contributed by atoms with van der Waals surface area (Å²) in [6.45, 7) is 5.54. The number of hydrogen-bond donors (Lipinski definition) is 1. The lowest BCUT2D eigenvalue weighted by molar-refractivity contribution is 0.440. The second-order valence-electron chi connectivity index (χ2n) is 3.53. The van der Waals surface area contributed by atoms with Gasteiger partial charge in [-0.3, -0.25) is 0 Å². The van der Waals surface area contributed by atoms with Crippen molar-refractivity contribution in [1.82, 2.24) is 0 Å². The van der Waals surface area contributed by atoms with Gasteiger partial charge in [-0.2, -0.15) is 0 Å². The van der Waals surface area contributed by atoms with Crippen molar-refractivity contribution in [3.05, 3.63) is 0 Å². The van der Waals surface area contributed by atoms with Crippen molar-refractivity contribution < 1.29 is 0 Å². The molecule has 60 valence electrons. The lowest BCUT2D eigenvalue weighted by Crippen LogP contribution is -2.24. The van der Waals surface area contributed by atoms with Gasteiger partial charge in [0, 0.05) is 3.92 Å². The van der Waals surface area contributed by atoms with Gasteiger partial charge in [0.1, 0.15) is 0 Å². The third kappa shape index (κ3) is 1.47. The fourth-order valence-electron chi connectivity index (χ4n) is 1.99. The number of alkyl halides is 1. The van der Waals surface area contributed by atoms with Gasteiger partial charge in [-0.05, 0) is 30.7 Å². The van der Waals surface area contributed by atoms with Crippen LogP contribution in [-0.4, -0.2) is 10.5 Å². The third-order valence-corrected chi connectivity index (χ3v) is 4.85. The molecule has 2 N–H and O–H groups in total. The fraction of sp³-hybridized carbons (Fsp3) is 1.00. The summed E-state index contributed by atoms with van der Waals surface area (Å²) in [5, 5.41) is 0. The molecule has 4 unspecified atom stereocenters. The van der Waals surface area contributed by atoms with Crippen molar-refractivity contribution in [2.24, 2.45) is 23.5 Å². The van der Waals surface area contributed by atoms with Gasteiger partial charge in [0.05, 0.1) is 0 Å². The van der Waals surface area contributed by atoms with Crippen molar-refractivity contribution >= 4 is 22.6 Å². The molecule has 1 fully saturated rings. The van der Waals surface area contributed by atoms with Gasteiger partial charge in [-0.1, -0.05) is 36.4 Å². The minimum Gasteiger partial charge on any atom is -0.330 e. The minimum atomic E-state index is 0.774. The fourth-order valence-corrected chi connectivity index (χ4v) is 3.29. The Kier molecular flexibility index (Phi) is 2.98. The van der Waals surface area contributed by atoms with Gasteiger partial charge in [0.25, 0.3) is 0 Å². The summed E-state index contributed by atoms with van der Waals surface area (Å²) in [7, 11) is 0. The van der Waals surface area contributed by atoms with Gasteiger partial charge in [0.2, 0.25) is 0 Å². The van der Waals surface area contributed by atoms with Crippen LogP contribution in [0.1, 0.15) is 20.3 Å². The molecule has 0 aromatic heterocycles. The van der Waals surface area contributed by atoms with Gasteiger partial charge in [0.15, 0.2) is 0 Å². The summed E-state index contributed by atoms with van der Waals surface area (Å²) in [5.74, 6) is 2.50. The zero-order valence-electron chi connectivity index (χ0n) is 6.68. The summed E-state index contributed by atoms with van der Waals surface area (Å²) in [6, 6.07) is 0. The number of nitrogens with two attached hydrogens (primary N) is 1. The highest BCUT2D eigenvalue weighted by Crippen LogP contribution is 2.40. The van der Waals surface area contributed by atoms with Crippen LogP contribution in [0.2, 0.25) is 0 Å². The molecule has 4 atom stereocenters. The topological polar surface area (TPSA) is 26.0 Å². The van der Waals surface area contributed by atoms with E-state index in [-0.39, 0.29) is 0 Å². The van der Waals surface area contributed by atoms with Gasteiger partial charge in [-0.25, -0.2) is 0 Å². The molecule has 0 heterocycles. The van der Waals surface area contributed by atoms with E-state index in [4.69, 9.17) is 5.73 Å². The first-order valence-electron chi connectivity index (χ1n) is 4.01. The minimum absolute atomic E-state index is 0.774. The Balaban J connectivity index is 2.55. The van der Waals surface area contributed by atoms with E-state index in [2.05, 4.69) is 36.4 Å². The van der Waals surface area contributed by atoms with Crippen LogP contribution in [0.3, 0.4) is 0 Å². The smallest absolute Gasteiger partial charge is 0.0178 e. The average Bonchev–Trinajstić information content (AvgIpc) is 2.09. The van der Waals surface area contributed by atoms with Crippen molar-refractivity contribution in [2.45, 2.75) is 24.2 Å². The quantitative estimate of drug-likeness (QED) is 0.561. The first-order valence-corrected chi connectivity index (χ1v) is 5.25. The highest BCUT2D eigenvalue weighted by atomic mass is 127. The predicted octanol–water partition coefficient (Wildman–Crippen LogP) is 2.04. The molecular weight excluding hydrogens is 237 g/mol. The number of halogens is 1. The largest absolute Gasteiger partial charge is 0.330 e. The lowest BCUT2D eigenvalue weighted by atomic mass is 9.99. The van der Waals surface area contributed by atoms with E-state index in [1.165, 1.54) is 6.42 Å². The predicted molar refractivity (Wildman–Crippen MR) is 53.3 cm³/mol. The molecule has 1 rings (SSSR count). The van der Waals surface area contributed by atoms with Crippen molar-refractivity contribution in [3.8, 4) is 0 Å². The third-order valence-electron chi connectivity index (χ3n) is 2.70. The second kappa shape index (κ2) is 3.39. The molecule has 10 heavy (non-hydrogen) atoms. The summed E-state index contributed by atoms with van der Waals surface area (Å²) >= 11 is 2.56. The molecule has 0 bridgehead atoms. The van der Waals surface area contributed by atoms with Crippen LogP contribution < -0.4 is 5.73 Å². The first kappa shape index (κ1) is 8.78. The van der Waals surface area contributed by atoms with Crippen LogP contribution in [0.25, 0.3) is 0 Å². The molecule has 0 radical (unpaired) electrons. The number of rotatable bonds is 1. The van der Waals surface area contributed by atoms with Crippen molar-refractivity contribution in [3.63, 3.8) is 0 Å². The molecule has 1 aliphatic rings. The van der Waals surface area contributed by atoms with E-state index in [1.54, 1.807) is 0 Å². The van der Waals surface area contributed by atoms with Crippen LogP contribution in [0, 0.1) is 17.8 Å². The lowest BCUT2D eigenvalue weighted by Gasteiger charge is -2.16. The van der Waals surface area contributed by atoms with Crippen LogP contribution in [-0.2, 0) is 0 Å². The van der Waals surface area contributed by atoms with E-state index >= 15 is 0 Å². The maximum atomic E-state index is 5.67. The Labute approximate surface area is 76.9 Å². The summed E-state index contributed by atoms with van der Waals surface area (Å²) in [5.41, 5.74) is 5.67. The molecular formula is C8H16IN. The van der Waals surface area contributed by atoms with Crippen LogP contribution >= 0.6 is 22.6 Å². The van der Waals surface area contributed by atoms with Crippen molar-refractivity contribution in [2.75, 3.05) is 6.54 Å². The molecule has 0 aromatic rings. The molecule has 2 heteroatoms. The number of hydrogen-bond acceptors (Lipinski definition) is 1. The van der Waals surface area contributed by atoms with Gasteiger partial charge in [-0.15, -0.1) is 0 Å². The molecule has 0 saturated heterocycles. The van der Waals surface area contributed by atoms with Crippen LogP contribution in [0.4, 0.5) is 0 Å². The first-order chi connectivity index (χ1) is 4.66. The monoisotopic (exact) mass is 253 g/mol. The normalized spacial score (nSPS) is 48.0. The van der Waals surface area contributed by atoms with E-state index in [0.29, 0.717) is 0 Å². The molecule has 1 saturated carbocycles. The Morgan fingerprint density at radius 2 is 2.00 bits per heavy atom. The Hall–Kier alpha value is 0.690. The van der Waals surface area contributed by atoms with E-state index in [1.807, 2.05) is 0 Å². The molecule has 0 spiro atoms. The summed E-state index contributed by atoms with van der Waals surface area (Å²) < 4.78 is 0.817. The molecule has 1 nitrogen and oxygen atoms in total. The average molecular weight is 253 g/mol. The Morgan fingerprint density at radius 3 is 2.20 bits per heavy atom. The van der Waals surface area contributed by atoms with Crippen molar-refractivity contribution in [1.29, 1.82) is 0 Å². The highest BCUT2D eigenvalue weighted by molar-refractivity contribution is 14.1. The molecule has 0 aromatic carbocycles. The van der Waals surface area contributed by atoms with E-state index in [9.17, 15) is 0 Å². The van der Waals surface area contributed by atoms with Gasteiger partial charge >= 0.3 is 0 Å². The zero-order valence-corrected chi connectivity index (χ0v) is 8.84. The molecule has 1 aliphatic carbocycles. The van der Waals surface area contributed by atoms with E-state index < -0.39 is 0 Å². The molecule has 0 aliphatic heterocycles. The zero-order chi connectivity index (χ0) is 7.72. The highest BCUT2D eigenvalue weighted by Gasteiger charge is 2.35. The van der Waals surface area contributed by atoms with Gasteiger partial charge < -0.3 is 5.73 Å². The summed E-state index contributed by atoms with van der Waals surface area (Å²) in [6.07, 6.45) is 1.37. The Bertz CT molecular complexity index is 116. The maximum Gasteiger partial charge on any atom is 0.0178 e. The molecule has 0 amide bonds. The van der Waals surface area contributed by atoms with Crippen LogP contribution in [0.15, 0.2) is 0 Å². The standard InChI is InChI=1S/C8H16IN/c1-5-3-6(2)8(9)7(5)4-10/h5-8H,3-4,10H2,1-2H3. The summed E-state index contributed by atoms with van der Waals surface area (Å²) in [4.78, 5) is 0. The van der Waals surface area contributed by atoms with E-state index in [0.717, 1.165) is 28.2 Å². The Morgan fingerprint density at radius 1 is 1.40 bits per heavy atom. The van der Waals surface area contributed by atoms with Crippen LogP contribution in [0.5, 0.6) is 0 Å².